The molecule has 0 saturated heterocycles. The molecule has 0 N–H and O–H groups in total. The Labute approximate surface area is 350 Å². The summed E-state index contributed by atoms with van der Waals surface area (Å²) in [6.07, 6.45) is 26.9. The van der Waals surface area contributed by atoms with E-state index in [0.717, 1.165) is 92.3 Å². The van der Waals surface area contributed by atoms with Gasteiger partial charge in [0.15, 0.2) is 0 Å². The molecule has 0 spiro atoms. The summed E-state index contributed by atoms with van der Waals surface area (Å²) in [5.41, 5.74) is 23.8. The van der Waals surface area contributed by atoms with Crippen molar-refractivity contribution >= 4 is 11.4 Å². The maximum absolute atomic E-state index is 12.2. The van der Waals surface area contributed by atoms with E-state index in [1.807, 2.05) is 0 Å². The summed E-state index contributed by atoms with van der Waals surface area (Å²) in [7, 11) is 0. The first kappa shape index (κ1) is 51.7. The Morgan fingerprint density at radius 3 is 1.26 bits per heavy atom. The van der Waals surface area contributed by atoms with Crippen LogP contribution in [0.4, 0.5) is 0 Å². The summed E-state index contributed by atoms with van der Waals surface area (Å²) in [5.74, 6) is 7.28. The first-order valence-corrected chi connectivity index (χ1v) is 22.1. The van der Waals surface area contributed by atoms with Gasteiger partial charge in [-0.05, 0) is 91.5 Å². The van der Waals surface area contributed by atoms with Crippen LogP contribution >= 0.6 is 0 Å². The van der Waals surface area contributed by atoms with Crippen molar-refractivity contribution in [3.63, 3.8) is 0 Å². The zero-order valence-electron chi connectivity index (χ0n) is 36.4. The van der Waals surface area contributed by atoms with Crippen LogP contribution in [-0.2, 0) is 46.1 Å². The Morgan fingerprint density at radius 1 is 0.500 bits per heavy atom. The van der Waals surface area contributed by atoms with E-state index in [9.17, 15) is 5.53 Å². The summed E-state index contributed by atoms with van der Waals surface area (Å²) in [6, 6.07) is 13.8. The first-order chi connectivity index (χ1) is 25.8. The number of allylic oxidation sites excluding steroid dienone is 2. The molecule has 0 atom stereocenters. The third kappa shape index (κ3) is 19.1. The summed E-state index contributed by atoms with van der Waals surface area (Å²) in [4.78, 5) is 0. The zero-order valence-corrected chi connectivity index (χ0v) is 37.9. The molecule has 0 amide bonds. The minimum absolute atomic E-state index is 0. The molecule has 3 rings (SSSR count). The van der Waals surface area contributed by atoms with Gasteiger partial charge in [-0.15, -0.1) is 0 Å². The average molecular weight is 828 g/mol. The summed E-state index contributed by atoms with van der Waals surface area (Å²) >= 11 is 0. The second-order valence-electron chi connectivity index (χ2n) is 14.8. The second kappa shape index (κ2) is 32.9. The molecule has 1 aliphatic rings. The standard InChI is InChI=1S/C43H62N2.2C4H9.Pd/c1-7-13-15-17-19-20-21-23-25-27-41-40(26-24-22-18-16-14-8-2)42(38-30-34(9-3)28-35(10-4)31-38)45(44)43(41)39-32-36(11-5)29-37(12-6)33-39;2*1-3-4-2;/h28-33H,7-24,26H2,1-6H3;2*1,3-4H2,2H3;/q;2*-1;+2. The van der Waals surface area contributed by atoms with Gasteiger partial charge in [0.2, 0.25) is 11.4 Å². The first-order valence-electron chi connectivity index (χ1n) is 22.1. The van der Waals surface area contributed by atoms with Crippen LogP contribution in [0.5, 0.6) is 0 Å². The van der Waals surface area contributed by atoms with E-state index >= 15 is 0 Å². The van der Waals surface area contributed by atoms with Crippen molar-refractivity contribution in [1.29, 1.82) is 0 Å². The van der Waals surface area contributed by atoms with E-state index in [-0.39, 0.29) is 20.4 Å². The van der Waals surface area contributed by atoms with Gasteiger partial charge in [-0.25, -0.2) is 4.70 Å². The fraction of sp³-hybridized carbons (Fsp3) is 0.608. The largest absolute Gasteiger partial charge is 2.00 e. The van der Waals surface area contributed by atoms with Gasteiger partial charge in [0.1, 0.15) is 5.57 Å². The van der Waals surface area contributed by atoms with E-state index in [4.69, 9.17) is 0 Å². The van der Waals surface area contributed by atoms with Gasteiger partial charge in [-0.3, -0.25) is 0 Å². The fourth-order valence-electron chi connectivity index (χ4n) is 6.57. The van der Waals surface area contributed by atoms with Crippen LogP contribution < -0.4 is 0 Å². The quantitative estimate of drug-likeness (QED) is 0.0371. The predicted octanol–water partition coefficient (Wildman–Crippen LogP) is 16.2. The minimum atomic E-state index is 0. The minimum Gasteiger partial charge on any atom is -0.493 e. The smallest absolute Gasteiger partial charge is 0.493 e. The number of unbranched alkanes of at least 4 members (excludes halogenated alkanes) is 14. The molecule has 0 unspecified atom stereocenters. The number of rotatable bonds is 22. The van der Waals surface area contributed by atoms with Crippen molar-refractivity contribution in [2.75, 3.05) is 0 Å². The Hall–Kier alpha value is -2.26. The average Bonchev–Trinajstić information content (AvgIpc) is 3.47. The monoisotopic (exact) mass is 827 g/mol. The second-order valence-corrected chi connectivity index (χ2v) is 14.8. The predicted molar refractivity (Wildman–Crippen MR) is 237 cm³/mol. The third-order valence-corrected chi connectivity index (χ3v) is 10.1. The zero-order chi connectivity index (χ0) is 39.3. The number of aryl methyl sites for hydroxylation is 4. The Bertz CT molecular complexity index is 1380. The molecular weight excluding hydrogens is 747 g/mol. The molecule has 0 saturated carbocycles. The van der Waals surface area contributed by atoms with Gasteiger partial charge in [0, 0.05) is 23.1 Å². The van der Waals surface area contributed by atoms with Crippen molar-refractivity contribution in [3.05, 3.63) is 100 Å². The topological polar surface area (TPSA) is 25.3 Å². The van der Waals surface area contributed by atoms with Crippen molar-refractivity contribution < 1.29 is 25.1 Å². The maximum Gasteiger partial charge on any atom is 2.00 e. The molecule has 2 aromatic carbocycles. The van der Waals surface area contributed by atoms with Crippen LogP contribution in [0.1, 0.15) is 211 Å². The van der Waals surface area contributed by atoms with Crippen LogP contribution in [0.25, 0.3) is 16.9 Å². The number of benzene rings is 2. The van der Waals surface area contributed by atoms with Crippen molar-refractivity contribution in [2.45, 2.75) is 203 Å². The summed E-state index contributed by atoms with van der Waals surface area (Å²) in [6.45, 7) is 24.9. The normalized spacial score (nSPS) is 12.1. The van der Waals surface area contributed by atoms with Gasteiger partial charge in [0.05, 0.1) is 0 Å². The van der Waals surface area contributed by atoms with Crippen LogP contribution in [-0.4, -0.2) is 4.70 Å². The van der Waals surface area contributed by atoms with Gasteiger partial charge in [0.25, 0.3) is 0 Å². The van der Waals surface area contributed by atoms with Crippen molar-refractivity contribution in [3.8, 4) is 11.8 Å². The molecule has 1 aliphatic heterocycles. The SMILES string of the molecule is CCCCCCCCCC#CC1=C(c2cc(CC)cc(CC)c2)[N+](=[N-])C(c2cc(CC)cc(CC)c2)=C1CCCCCCCC.[CH2-]CCC.[CH2-]CCC.[Pd+2]. The fourth-order valence-corrected chi connectivity index (χ4v) is 6.57. The molecule has 54 heavy (non-hydrogen) atoms. The van der Waals surface area contributed by atoms with Gasteiger partial charge < -0.3 is 19.4 Å². The molecular formula is C51H80N2Pd. The number of hydrogen-bond acceptors (Lipinski definition) is 0. The third-order valence-electron chi connectivity index (χ3n) is 10.1. The molecule has 0 radical (unpaired) electrons. The number of nitrogens with zero attached hydrogens (tertiary/aromatic N) is 2. The molecule has 0 bridgehead atoms. The maximum atomic E-state index is 12.2. The van der Waals surface area contributed by atoms with Gasteiger partial charge >= 0.3 is 20.4 Å². The Kier molecular flexibility index (Phi) is 31.6. The number of hydrogen-bond donors (Lipinski definition) is 0. The molecule has 3 heteroatoms. The van der Waals surface area contributed by atoms with E-state index < -0.39 is 0 Å². The van der Waals surface area contributed by atoms with Gasteiger partial charge in [-0.1, -0.05) is 163 Å². The van der Waals surface area contributed by atoms with E-state index in [0.29, 0.717) is 0 Å². The van der Waals surface area contributed by atoms with Crippen LogP contribution in [0, 0.1) is 25.7 Å². The van der Waals surface area contributed by atoms with Crippen LogP contribution in [0.15, 0.2) is 47.5 Å². The van der Waals surface area contributed by atoms with E-state index in [1.54, 1.807) is 0 Å². The van der Waals surface area contributed by atoms with E-state index in [1.165, 1.54) is 116 Å². The van der Waals surface area contributed by atoms with Gasteiger partial charge in [-0.2, -0.15) is 12.8 Å². The van der Waals surface area contributed by atoms with E-state index in [2.05, 4.69) is 117 Å². The van der Waals surface area contributed by atoms with Crippen LogP contribution in [0.2, 0.25) is 0 Å². The molecule has 2 aromatic rings. The van der Waals surface area contributed by atoms with Crippen molar-refractivity contribution in [2.24, 2.45) is 0 Å². The molecule has 0 aromatic heterocycles. The van der Waals surface area contributed by atoms with Crippen molar-refractivity contribution in [1.82, 2.24) is 0 Å². The molecule has 2 nitrogen and oxygen atoms in total. The molecule has 304 valence electrons. The summed E-state index contributed by atoms with van der Waals surface area (Å²) < 4.78 is 1.52. The summed E-state index contributed by atoms with van der Waals surface area (Å²) in [5, 5.41) is 0. The molecule has 1 heterocycles. The Balaban J connectivity index is 0.00000283. The van der Waals surface area contributed by atoms with Crippen LogP contribution in [0.3, 0.4) is 0 Å². The Morgan fingerprint density at radius 2 is 0.870 bits per heavy atom. The molecule has 0 fully saturated rings. The molecule has 0 aliphatic carbocycles.